The molecule has 0 unspecified atom stereocenters. The molecule has 4 amide bonds. The first-order chi connectivity index (χ1) is 22.2. The molecule has 1 heterocycles. The van der Waals surface area contributed by atoms with Gasteiger partial charge in [-0.1, -0.05) is 45.4 Å². The first-order valence-electron chi connectivity index (χ1n) is 17.8. The highest BCUT2D eigenvalue weighted by atomic mass is 16.5. The third-order valence-electron chi connectivity index (χ3n) is 10.0. The van der Waals surface area contributed by atoms with Gasteiger partial charge in [0.05, 0.1) is 30.4 Å². The van der Waals surface area contributed by atoms with Crippen molar-refractivity contribution >= 4 is 23.5 Å². The molecule has 0 spiro atoms. The summed E-state index contributed by atoms with van der Waals surface area (Å²) in [4.78, 5) is 43.9. The summed E-state index contributed by atoms with van der Waals surface area (Å²) in [5, 5.41) is 16.5. The summed E-state index contributed by atoms with van der Waals surface area (Å²) in [6, 6.07) is 4.96. The van der Waals surface area contributed by atoms with Crippen LogP contribution in [0.1, 0.15) is 115 Å². The van der Waals surface area contributed by atoms with E-state index in [1.54, 1.807) is 29.0 Å². The van der Waals surface area contributed by atoms with Crippen LogP contribution in [0.15, 0.2) is 18.2 Å². The highest BCUT2D eigenvalue weighted by Crippen LogP contribution is 2.30. The Morgan fingerprint density at radius 3 is 2.37 bits per heavy atom. The molecule has 1 aromatic carbocycles. The standard InChI is InChI=1S/C36H58N4O6/c1-25-22-40(26(2)24-41)35(43)31-21-30(37-34(42)28-14-7-5-8-15-28)18-19-32(31)46-27(3)13-11-12-20-45-33(25)23-39(4)36(44)38-29-16-9-6-10-17-29/h18-19,21,25-29,33,41H,5-17,20,22-24H2,1-4H3,(H,37,42)(H,38,44)/t25-,26-,27+,33-/m1/s1. The predicted molar refractivity (Wildman–Crippen MR) is 180 cm³/mol. The summed E-state index contributed by atoms with van der Waals surface area (Å²) in [6.07, 6.45) is 12.7. The van der Waals surface area contributed by atoms with E-state index in [4.69, 9.17) is 9.47 Å². The highest BCUT2D eigenvalue weighted by molar-refractivity contribution is 6.00. The quantitative estimate of drug-likeness (QED) is 0.337. The molecule has 258 valence electrons. The average molecular weight is 643 g/mol. The van der Waals surface area contributed by atoms with Crippen molar-refractivity contribution in [3.8, 4) is 5.75 Å². The largest absolute Gasteiger partial charge is 0.490 e. The van der Waals surface area contributed by atoms with Crippen molar-refractivity contribution in [2.75, 3.05) is 38.7 Å². The van der Waals surface area contributed by atoms with Crippen LogP contribution in [0, 0.1) is 11.8 Å². The van der Waals surface area contributed by atoms with Crippen molar-refractivity contribution in [2.45, 2.75) is 129 Å². The number of amides is 4. The Balaban J connectivity index is 1.56. The lowest BCUT2D eigenvalue weighted by Gasteiger charge is -2.36. The van der Waals surface area contributed by atoms with Crippen molar-refractivity contribution in [3.63, 3.8) is 0 Å². The summed E-state index contributed by atoms with van der Waals surface area (Å²) in [5.74, 6) is 0.0425. The number of benzene rings is 1. The second-order valence-electron chi connectivity index (χ2n) is 14.0. The second-order valence-corrected chi connectivity index (χ2v) is 14.0. The molecule has 10 heteroatoms. The van der Waals surface area contributed by atoms with Crippen LogP contribution in [0.2, 0.25) is 0 Å². The lowest BCUT2D eigenvalue weighted by atomic mass is 9.88. The zero-order valence-electron chi connectivity index (χ0n) is 28.6. The molecule has 3 aliphatic rings. The number of anilines is 1. The van der Waals surface area contributed by atoms with Crippen LogP contribution in [0.5, 0.6) is 5.75 Å². The molecule has 2 fully saturated rings. The van der Waals surface area contributed by atoms with E-state index in [1.807, 2.05) is 26.8 Å². The molecule has 2 saturated carbocycles. The van der Waals surface area contributed by atoms with Crippen molar-refractivity contribution in [2.24, 2.45) is 11.8 Å². The number of urea groups is 1. The first kappa shape index (κ1) is 36.0. The molecule has 4 rings (SSSR count). The zero-order valence-corrected chi connectivity index (χ0v) is 28.6. The van der Waals surface area contributed by atoms with Crippen LogP contribution in [-0.2, 0) is 9.53 Å². The Bertz CT molecular complexity index is 1140. The zero-order chi connectivity index (χ0) is 33.1. The van der Waals surface area contributed by atoms with Crippen molar-refractivity contribution in [1.29, 1.82) is 0 Å². The molecule has 10 nitrogen and oxygen atoms in total. The number of ether oxygens (including phenoxy) is 2. The van der Waals surface area contributed by atoms with Crippen LogP contribution in [0.25, 0.3) is 0 Å². The Labute approximate surface area is 275 Å². The molecule has 2 aliphatic carbocycles. The normalized spacial score (nSPS) is 25.0. The average Bonchev–Trinajstić information content (AvgIpc) is 3.06. The Morgan fingerprint density at radius 2 is 1.67 bits per heavy atom. The number of aliphatic hydroxyl groups excluding tert-OH is 1. The summed E-state index contributed by atoms with van der Waals surface area (Å²) in [7, 11) is 1.80. The summed E-state index contributed by atoms with van der Waals surface area (Å²) < 4.78 is 12.7. The number of carbonyl (C=O) groups is 3. The number of hydrogen-bond acceptors (Lipinski definition) is 6. The summed E-state index contributed by atoms with van der Waals surface area (Å²) in [6.45, 7) is 6.90. The van der Waals surface area contributed by atoms with Gasteiger partial charge in [0.25, 0.3) is 5.91 Å². The van der Waals surface area contributed by atoms with Gasteiger partial charge in [0.15, 0.2) is 0 Å². The number of rotatable bonds is 7. The van der Waals surface area contributed by atoms with E-state index >= 15 is 0 Å². The molecule has 3 N–H and O–H groups in total. The van der Waals surface area contributed by atoms with Crippen LogP contribution in [-0.4, -0.2) is 90.4 Å². The molecule has 4 atom stereocenters. The number of likely N-dealkylation sites (N-methyl/N-ethyl adjacent to an activating group) is 1. The van der Waals surface area contributed by atoms with E-state index in [2.05, 4.69) is 10.6 Å². The molecule has 0 radical (unpaired) electrons. The Morgan fingerprint density at radius 1 is 1.00 bits per heavy atom. The maximum Gasteiger partial charge on any atom is 0.317 e. The van der Waals surface area contributed by atoms with Crippen LogP contribution >= 0.6 is 0 Å². The second kappa shape index (κ2) is 17.9. The van der Waals surface area contributed by atoms with Gasteiger partial charge in [0.1, 0.15) is 5.75 Å². The van der Waals surface area contributed by atoms with E-state index in [9.17, 15) is 19.5 Å². The predicted octanol–water partition coefficient (Wildman–Crippen LogP) is 5.98. The van der Waals surface area contributed by atoms with E-state index in [0.29, 0.717) is 36.7 Å². The van der Waals surface area contributed by atoms with Crippen LogP contribution in [0.3, 0.4) is 0 Å². The Kier molecular flexibility index (Phi) is 14.0. The molecule has 1 aromatic rings. The maximum absolute atomic E-state index is 14.4. The summed E-state index contributed by atoms with van der Waals surface area (Å²) >= 11 is 0. The number of nitrogens with zero attached hydrogens (tertiary/aromatic N) is 2. The number of hydrogen-bond donors (Lipinski definition) is 3. The van der Waals surface area contributed by atoms with Crippen molar-refractivity contribution in [3.05, 3.63) is 23.8 Å². The third kappa shape index (κ3) is 10.3. The van der Waals surface area contributed by atoms with Crippen LogP contribution < -0.4 is 15.4 Å². The molecule has 0 bridgehead atoms. The van der Waals surface area contributed by atoms with Crippen molar-refractivity contribution in [1.82, 2.24) is 15.1 Å². The van der Waals surface area contributed by atoms with Gasteiger partial charge in [-0.05, 0) is 77.0 Å². The van der Waals surface area contributed by atoms with E-state index in [0.717, 1.165) is 70.6 Å². The Hall–Kier alpha value is -2.85. The molecular formula is C36H58N4O6. The lowest BCUT2D eigenvalue weighted by molar-refractivity contribution is -0.120. The van der Waals surface area contributed by atoms with Gasteiger partial charge in [-0.15, -0.1) is 0 Å². The van der Waals surface area contributed by atoms with E-state index < -0.39 is 6.04 Å². The van der Waals surface area contributed by atoms with Gasteiger partial charge in [-0.2, -0.15) is 0 Å². The topological polar surface area (TPSA) is 120 Å². The fourth-order valence-electron chi connectivity index (χ4n) is 6.96. The fourth-order valence-corrected chi connectivity index (χ4v) is 6.96. The van der Waals surface area contributed by atoms with E-state index in [-0.39, 0.29) is 54.5 Å². The number of nitrogens with one attached hydrogen (secondary N) is 2. The molecule has 0 aromatic heterocycles. The monoisotopic (exact) mass is 642 g/mol. The number of aliphatic hydroxyl groups is 1. The minimum absolute atomic E-state index is 0.00637. The van der Waals surface area contributed by atoms with Gasteiger partial charge >= 0.3 is 6.03 Å². The molecule has 0 saturated heterocycles. The lowest BCUT2D eigenvalue weighted by Crippen LogP contribution is -2.50. The smallest absolute Gasteiger partial charge is 0.317 e. The first-order valence-corrected chi connectivity index (χ1v) is 17.8. The van der Waals surface area contributed by atoms with Gasteiger partial charge in [-0.25, -0.2) is 4.79 Å². The van der Waals surface area contributed by atoms with Gasteiger partial charge in [0, 0.05) is 50.3 Å². The van der Waals surface area contributed by atoms with Gasteiger partial charge < -0.3 is 35.0 Å². The SMILES string of the molecule is C[C@@H]1CN([C@H](C)CO)C(=O)c2cc(NC(=O)C3CCCCC3)ccc2O[C@@H](C)CCCCO[C@@H]1CN(C)C(=O)NC1CCCCC1. The molecule has 1 aliphatic heterocycles. The number of fused-ring (bicyclic) bond motifs is 1. The minimum Gasteiger partial charge on any atom is -0.490 e. The van der Waals surface area contributed by atoms with E-state index in [1.165, 1.54) is 12.8 Å². The third-order valence-corrected chi connectivity index (χ3v) is 10.0. The maximum atomic E-state index is 14.4. The molecule has 46 heavy (non-hydrogen) atoms. The fraction of sp³-hybridized carbons (Fsp3) is 0.750. The molecular weight excluding hydrogens is 584 g/mol. The van der Waals surface area contributed by atoms with Gasteiger partial charge in [-0.3, -0.25) is 9.59 Å². The summed E-state index contributed by atoms with van der Waals surface area (Å²) in [5.41, 5.74) is 0.927. The van der Waals surface area contributed by atoms with Crippen LogP contribution in [0.4, 0.5) is 10.5 Å². The van der Waals surface area contributed by atoms with Crippen molar-refractivity contribution < 1.29 is 29.0 Å². The highest BCUT2D eigenvalue weighted by Gasteiger charge is 2.31. The minimum atomic E-state index is -0.471. The number of carbonyl (C=O) groups excluding carboxylic acids is 3. The van der Waals surface area contributed by atoms with Gasteiger partial charge in [0.2, 0.25) is 5.91 Å².